The summed E-state index contributed by atoms with van der Waals surface area (Å²) in [7, 11) is 3.82. The van der Waals surface area contributed by atoms with E-state index in [0.29, 0.717) is 23.7 Å². The zero-order valence-electron chi connectivity index (χ0n) is 19.5. The smallest absolute Gasteiger partial charge is 0.226 e. The van der Waals surface area contributed by atoms with Crippen molar-refractivity contribution in [2.45, 2.75) is 37.8 Å². The van der Waals surface area contributed by atoms with Gasteiger partial charge in [-0.1, -0.05) is 4.49 Å². The number of aromatic nitrogens is 4. The fourth-order valence-corrected chi connectivity index (χ4v) is 7.84. The maximum atomic E-state index is 13.4. The lowest BCUT2D eigenvalue weighted by atomic mass is 9.86. The highest BCUT2D eigenvalue weighted by molar-refractivity contribution is 7.19. The first-order valence-electron chi connectivity index (χ1n) is 11.9. The minimum absolute atomic E-state index is 0.0610. The number of anilines is 2. The molecule has 2 saturated heterocycles. The molecule has 3 aliphatic rings. The number of hydrogen-bond acceptors (Lipinski definition) is 10. The van der Waals surface area contributed by atoms with Gasteiger partial charge in [0, 0.05) is 42.0 Å². The van der Waals surface area contributed by atoms with Gasteiger partial charge in [0.1, 0.15) is 28.2 Å². The van der Waals surface area contributed by atoms with Gasteiger partial charge in [-0.05, 0) is 55.9 Å². The Morgan fingerprint density at radius 1 is 1.23 bits per heavy atom. The molecular formula is C24H25N7O2S2. The monoisotopic (exact) mass is 507 g/mol. The number of carbonyl (C=O) groups is 1. The minimum atomic E-state index is 0.0610. The van der Waals surface area contributed by atoms with Crippen LogP contribution in [0.4, 0.5) is 11.5 Å². The lowest BCUT2D eigenvalue weighted by Crippen LogP contribution is -2.49. The molecule has 11 heteroatoms. The van der Waals surface area contributed by atoms with Crippen molar-refractivity contribution in [1.29, 1.82) is 0 Å². The first kappa shape index (κ1) is 21.4. The van der Waals surface area contributed by atoms with Gasteiger partial charge >= 0.3 is 0 Å². The summed E-state index contributed by atoms with van der Waals surface area (Å²) in [6, 6.07) is 4.82. The molecule has 4 aromatic rings. The number of aryl methyl sites for hydroxylation is 1. The molecule has 1 N–H and O–H groups in total. The molecule has 5 heterocycles. The van der Waals surface area contributed by atoms with Crippen molar-refractivity contribution in [3.05, 3.63) is 28.9 Å². The van der Waals surface area contributed by atoms with Crippen LogP contribution in [0.15, 0.2) is 18.5 Å². The van der Waals surface area contributed by atoms with Gasteiger partial charge in [-0.25, -0.2) is 9.97 Å². The van der Waals surface area contributed by atoms with E-state index in [9.17, 15) is 4.79 Å². The summed E-state index contributed by atoms with van der Waals surface area (Å²) in [5.41, 5.74) is 2.91. The van der Waals surface area contributed by atoms with Crippen LogP contribution in [0.2, 0.25) is 0 Å². The van der Waals surface area contributed by atoms with Gasteiger partial charge in [0.25, 0.3) is 0 Å². The largest absolute Gasteiger partial charge is 0.494 e. The van der Waals surface area contributed by atoms with Gasteiger partial charge in [-0.2, -0.15) is 0 Å². The molecule has 2 fully saturated rings. The van der Waals surface area contributed by atoms with Gasteiger partial charge in [0.05, 0.1) is 22.9 Å². The summed E-state index contributed by atoms with van der Waals surface area (Å²) in [5.74, 6) is 1.87. The third-order valence-electron chi connectivity index (χ3n) is 7.81. The number of methoxy groups -OCH3 is 1. The van der Waals surface area contributed by atoms with Crippen LogP contribution < -0.4 is 10.1 Å². The number of rotatable bonds is 4. The summed E-state index contributed by atoms with van der Waals surface area (Å²) < 4.78 is 10.6. The van der Waals surface area contributed by atoms with E-state index in [1.54, 1.807) is 24.8 Å². The molecule has 3 aromatic heterocycles. The topological polar surface area (TPSA) is 96.4 Å². The number of likely N-dealkylation sites (N-methyl/N-ethyl adjacent to an activating group) is 1. The SMILES string of the molecule is COc1cc2nnsc2cc1Nc1ncnc2sc3c(c12)CC[C@H](C(=O)N1C[C@H]2C[C@@H]1CN2C)C3. The highest BCUT2D eigenvalue weighted by Gasteiger charge is 2.45. The molecule has 2 aliphatic heterocycles. The van der Waals surface area contributed by atoms with Crippen molar-refractivity contribution in [2.24, 2.45) is 5.92 Å². The summed E-state index contributed by atoms with van der Waals surface area (Å²) in [4.78, 5) is 29.4. The molecule has 0 spiro atoms. The van der Waals surface area contributed by atoms with E-state index in [1.807, 2.05) is 12.1 Å². The Kier molecular flexibility index (Phi) is 4.94. The van der Waals surface area contributed by atoms with Crippen molar-refractivity contribution in [2.75, 3.05) is 32.6 Å². The second kappa shape index (κ2) is 8.07. The number of hydrogen-bond donors (Lipinski definition) is 1. The molecule has 1 amide bonds. The van der Waals surface area contributed by atoms with E-state index in [4.69, 9.17) is 4.74 Å². The molecule has 0 unspecified atom stereocenters. The van der Waals surface area contributed by atoms with E-state index in [0.717, 1.165) is 70.7 Å². The molecule has 3 atom stereocenters. The number of nitrogens with zero attached hydrogens (tertiary/aromatic N) is 6. The average molecular weight is 508 g/mol. The second-order valence-corrected chi connectivity index (χ2v) is 11.6. The number of benzene rings is 1. The van der Waals surface area contributed by atoms with Gasteiger partial charge in [0.2, 0.25) is 5.91 Å². The number of carbonyl (C=O) groups excluding carboxylic acids is 1. The second-order valence-electron chi connectivity index (χ2n) is 9.74. The summed E-state index contributed by atoms with van der Waals surface area (Å²) in [5, 5.41) is 8.69. The molecule has 9 nitrogen and oxygen atoms in total. The molecule has 2 bridgehead atoms. The number of thiophene rings is 1. The van der Waals surface area contributed by atoms with Crippen LogP contribution in [0.3, 0.4) is 0 Å². The van der Waals surface area contributed by atoms with E-state index >= 15 is 0 Å². The summed E-state index contributed by atoms with van der Waals surface area (Å²) >= 11 is 3.05. The first-order chi connectivity index (χ1) is 17.1. The fourth-order valence-electron chi connectivity index (χ4n) is 5.99. The Labute approximate surface area is 210 Å². The Hall–Kier alpha value is -2.89. The number of likely N-dealkylation sites (tertiary alicyclic amines) is 2. The standard InChI is InChI=1S/C24H25N7O2S2/c1-30-9-14-6-13(30)10-31(14)24(32)12-3-4-15-19(5-12)34-23-21(15)22(25-11-26-23)27-16-8-20-17(28-29-35-20)7-18(16)33-2/h7-8,11-14H,3-6,9-10H2,1-2H3,(H,25,26,27)/t12-,13+,14+/m0/s1. The fraction of sp³-hybridized carbons (Fsp3) is 0.458. The van der Waals surface area contributed by atoms with Crippen LogP contribution in [0.25, 0.3) is 20.4 Å². The molecule has 1 aromatic carbocycles. The average Bonchev–Trinajstić information content (AvgIpc) is 3.64. The van der Waals surface area contributed by atoms with Crippen molar-refractivity contribution < 1.29 is 9.53 Å². The van der Waals surface area contributed by atoms with E-state index in [2.05, 4.69) is 41.7 Å². The van der Waals surface area contributed by atoms with Crippen LogP contribution >= 0.6 is 22.9 Å². The van der Waals surface area contributed by atoms with E-state index < -0.39 is 0 Å². The molecule has 35 heavy (non-hydrogen) atoms. The molecule has 7 rings (SSSR count). The summed E-state index contributed by atoms with van der Waals surface area (Å²) in [6.07, 6.45) is 5.26. The first-order valence-corrected chi connectivity index (χ1v) is 13.5. The maximum Gasteiger partial charge on any atom is 0.226 e. The number of ether oxygens (including phenoxy) is 1. The predicted molar refractivity (Wildman–Crippen MR) is 137 cm³/mol. The Morgan fingerprint density at radius 2 is 2.14 bits per heavy atom. The zero-order valence-corrected chi connectivity index (χ0v) is 21.2. The quantitative estimate of drug-likeness (QED) is 0.449. The normalized spacial score (nSPS) is 23.8. The van der Waals surface area contributed by atoms with Crippen LogP contribution in [0.5, 0.6) is 5.75 Å². The molecule has 1 aliphatic carbocycles. The van der Waals surface area contributed by atoms with Crippen LogP contribution in [0, 0.1) is 5.92 Å². The zero-order chi connectivity index (χ0) is 23.7. The third kappa shape index (κ3) is 3.40. The lowest BCUT2D eigenvalue weighted by molar-refractivity contribution is -0.138. The third-order valence-corrected chi connectivity index (χ3v) is 9.66. The van der Waals surface area contributed by atoms with Crippen molar-refractivity contribution in [3.8, 4) is 5.75 Å². The van der Waals surface area contributed by atoms with Crippen molar-refractivity contribution in [1.82, 2.24) is 29.4 Å². The Morgan fingerprint density at radius 3 is 2.94 bits per heavy atom. The van der Waals surface area contributed by atoms with Crippen molar-refractivity contribution in [3.63, 3.8) is 0 Å². The van der Waals surface area contributed by atoms with Gasteiger partial charge in [-0.3, -0.25) is 9.69 Å². The van der Waals surface area contributed by atoms with Crippen molar-refractivity contribution >= 4 is 60.7 Å². The number of piperazine rings is 1. The maximum absolute atomic E-state index is 13.4. The number of fused-ring (bicyclic) bond motifs is 6. The molecule has 0 saturated carbocycles. The van der Waals surface area contributed by atoms with E-state index in [1.165, 1.54) is 22.0 Å². The van der Waals surface area contributed by atoms with E-state index in [-0.39, 0.29) is 5.92 Å². The lowest BCUT2D eigenvalue weighted by Gasteiger charge is -2.35. The minimum Gasteiger partial charge on any atom is -0.494 e. The number of nitrogens with one attached hydrogen (secondary N) is 1. The van der Waals surface area contributed by atoms with Gasteiger partial charge < -0.3 is 15.0 Å². The van der Waals surface area contributed by atoms with Gasteiger partial charge in [-0.15, -0.1) is 16.4 Å². The predicted octanol–water partition coefficient (Wildman–Crippen LogP) is 3.47. The van der Waals surface area contributed by atoms with Crippen LogP contribution in [0.1, 0.15) is 23.3 Å². The molecular weight excluding hydrogens is 482 g/mol. The number of amides is 1. The summed E-state index contributed by atoms with van der Waals surface area (Å²) in [6.45, 7) is 1.89. The molecule has 180 valence electrons. The van der Waals surface area contributed by atoms with Crippen LogP contribution in [-0.4, -0.2) is 74.6 Å². The highest BCUT2D eigenvalue weighted by Crippen LogP contribution is 2.43. The molecule has 0 radical (unpaired) electrons. The Balaban J connectivity index is 1.19. The van der Waals surface area contributed by atoms with Gasteiger partial charge in [0.15, 0.2) is 0 Å². The Bertz CT molecular complexity index is 1470. The highest BCUT2D eigenvalue weighted by atomic mass is 32.1. The van der Waals surface area contributed by atoms with Crippen LogP contribution in [-0.2, 0) is 17.6 Å².